The molecule has 0 saturated heterocycles. The first-order valence-corrected chi connectivity index (χ1v) is 7.29. The van der Waals surface area contributed by atoms with Gasteiger partial charge in [-0.2, -0.15) is 0 Å². The summed E-state index contributed by atoms with van der Waals surface area (Å²) in [6.45, 7) is 2.01. The summed E-state index contributed by atoms with van der Waals surface area (Å²) in [5.74, 6) is 5.86. The fraction of sp³-hybridized carbons (Fsp3) is 0.125. The zero-order valence-corrected chi connectivity index (χ0v) is 12.9. The van der Waals surface area contributed by atoms with Crippen LogP contribution in [0.5, 0.6) is 0 Å². The van der Waals surface area contributed by atoms with Gasteiger partial charge in [0.2, 0.25) is 0 Å². The fourth-order valence-corrected chi connectivity index (χ4v) is 2.77. The van der Waals surface area contributed by atoms with Gasteiger partial charge in [-0.1, -0.05) is 27.6 Å². The van der Waals surface area contributed by atoms with Crippen LogP contribution in [0.25, 0.3) is 11.0 Å². The summed E-state index contributed by atoms with van der Waals surface area (Å²) in [5.41, 5.74) is 4.95. The van der Waals surface area contributed by atoms with Gasteiger partial charge in [0.1, 0.15) is 23.2 Å². The molecule has 0 saturated carbocycles. The smallest absolute Gasteiger partial charge is 0.134 e. The quantitative estimate of drug-likeness (QED) is 0.551. The SMILES string of the molecule is Cc1ccc2oc(C(NN)c3cc(Br)ccc3F)cc2c1. The number of furan rings is 1. The molecule has 1 aromatic heterocycles. The molecule has 0 amide bonds. The van der Waals surface area contributed by atoms with Gasteiger partial charge in [0, 0.05) is 15.4 Å². The van der Waals surface area contributed by atoms with Crippen LogP contribution in [0.3, 0.4) is 0 Å². The molecule has 1 heterocycles. The van der Waals surface area contributed by atoms with E-state index in [1.165, 1.54) is 6.07 Å². The van der Waals surface area contributed by atoms with Crippen LogP contribution in [0.1, 0.15) is 22.9 Å². The number of rotatable bonds is 3. The lowest BCUT2D eigenvalue weighted by molar-refractivity contribution is 0.462. The molecule has 0 aliphatic carbocycles. The minimum absolute atomic E-state index is 0.335. The number of hydrogen-bond acceptors (Lipinski definition) is 3. The van der Waals surface area contributed by atoms with E-state index in [-0.39, 0.29) is 5.82 Å². The van der Waals surface area contributed by atoms with Gasteiger partial charge in [0.05, 0.1) is 0 Å². The molecule has 0 fully saturated rings. The van der Waals surface area contributed by atoms with E-state index in [0.29, 0.717) is 11.3 Å². The van der Waals surface area contributed by atoms with E-state index in [0.717, 1.165) is 21.0 Å². The Bertz CT molecular complexity index is 800. The molecule has 3 nitrogen and oxygen atoms in total. The second kappa shape index (κ2) is 5.60. The van der Waals surface area contributed by atoms with E-state index >= 15 is 0 Å². The standard InChI is InChI=1S/C16H14BrFN2O/c1-9-2-5-14-10(6-9)7-15(21-14)16(20-19)12-8-11(17)3-4-13(12)18/h2-8,16,20H,19H2,1H3. The van der Waals surface area contributed by atoms with Crippen molar-refractivity contribution in [1.82, 2.24) is 5.43 Å². The normalized spacial score (nSPS) is 12.8. The topological polar surface area (TPSA) is 51.2 Å². The summed E-state index contributed by atoms with van der Waals surface area (Å²) in [7, 11) is 0. The average molecular weight is 349 g/mol. The Morgan fingerprint density at radius 1 is 1.19 bits per heavy atom. The van der Waals surface area contributed by atoms with Crippen molar-refractivity contribution in [2.24, 2.45) is 5.84 Å². The van der Waals surface area contributed by atoms with Gasteiger partial charge in [-0.15, -0.1) is 0 Å². The first-order valence-electron chi connectivity index (χ1n) is 6.49. The Balaban J connectivity index is 2.11. The molecule has 1 unspecified atom stereocenters. The third-order valence-corrected chi connectivity index (χ3v) is 3.90. The maximum atomic E-state index is 14.1. The highest BCUT2D eigenvalue weighted by atomic mass is 79.9. The van der Waals surface area contributed by atoms with Crippen LogP contribution in [0.15, 0.2) is 51.4 Å². The van der Waals surface area contributed by atoms with E-state index < -0.39 is 6.04 Å². The minimum Gasteiger partial charge on any atom is -0.459 e. The van der Waals surface area contributed by atoms with Gasteiger partial charge in [0.25, 0.3) is 0 Å². The van der Waals surface area contributed by atoms with E-state index in [9.17, 15) is 4.39 Å². The van der Waals surface area contributed by atoms with E-state index in [1.54, 1.807) is 12.1 Å². The maximum absolute atomic E-state index is 14.1. The van der Waals surface area contributed by atoms with Crippen LogP contribution in [-0.2, 0) is 0 Å². The third kappa shape index (κ3) is 2.72. The number of fused-ring (bicyclic) bond motifs is 1. The second-order valence-corrected chi connectivity index (χ2v) is 5.87. The molecule has 3 N–H and O–H groups in total. The van der Waals surface area contributed by atoms with Crippen molar-refractivity contribution in [2.75, 3.05) is 0 Å². The second-order valence-electron chi connectivity index (χ2n) is 4.96. The van der Waals surface area contributed by atoms with Gasteiger partial charge >= 0.3 is 0 Å². The van der Waals surface area contributed by atoms with Gasteiger partial charge in [-0.25, -0.2) is 9.82 Å². The predicted molar refractivity (Wildman–Crippen MR) is 84.2 cm³/mol. The van der Waals surface area contributed by atoms with Crippen molar-refractivity contribution in [3.63, 3.8) is 0 Å². The molecular formula is C16H14BrFN2O. The molecule has 3 aromatic rings. The van der Waals surface area contributed by atoms with Gasteiger partial charge in [-0.05, 0) is 43.3 Å². The van der Waals surface area contributed by atoms with Crippen LogP contribution < -0.4 is 11.3 Å². The Morgan fingerprint density at radius 3 is 2.76 bits per heavy atom. The molecule has 21 heavy (non-hydrogen) atoms. The monoisotopic (exact) mass is 348 g/mol. The van der Waals surface area contributed by atoms with Crippen molar-refractivity contribution < 1.29 is 8.81 Å². The Morgan fingerprint density at radius 2 is 2.00 bits per heavy atom. The number of nitrogens with two attached hydrogens (primary N) is 1. The van der Waals surface area contributed by atoms with E-state index in [4.69, 9.17) is 10.3 Å². The number of benzene rings is 2. The molecule has 1 atom stereocenters. The lowest BCUT2D eigenvalue weighted by Crippen LogP contribution is -2.29. The average Bonchev–Trinajstić information content (AvgIpc) is 2.86. The van der Waals surface area contributed by atoms with Crippen LogP contribution in [0, 0.1) is 12.7 Å². The number of nitrogens with one attached hydrogen (secondary N) is 1. The summed E-state index contributed by atoms with van der Waals surface area (Å²) < 4.78 is 20.6. The molecule has 0 aliphatic rings. The zero-order chi connectivity index (χ0) is 15.0. The van der Waals surface area contributed by atoms with Crippen molar-refractivity contribution in [2.45, 2.75) is 13.0 Å². The van der Waals surface area contributed by atoms with Crippen molar-refractivity contribution in [1.29, 1.82) is 0 Å². The maximum Gasteiger partial charge on any atom is 0.134 e. The predicted octanol–water partition coefficient (Wildman–Crippen LogP) is 4.20. The summed E-state index contributed by atoms with van der Waals surface area (Å²) in [6.07, 6.45) is 0. The Labute approximate surface area is 130 Å². The van der Waals surface area contributed by atoms with Crippen molar-refractivity contribution in [3.8, 4) is 0 Å². The molecule has 108 valence electrons. The highest BCUT2D eigenvalue weighted by Gasteiger charge is 2.21. The number of aryl methyl sites for hydroxylation is 1. The summed E-state index contributed by atoms with van der Waals surface area (Å²) in [5, 5.41) is 0.973. The summed E-state index contributed by atoms with van der Waals surface area (Å²) >= 11 is 3.34. The van der Waals surface area contributed by atoms with Gasteiger partial charge in [-0.3, -0.25) is 5.84 Å². The van der Waals surface area contributed by atoms with Crippen LogP contribution in [-0.4, -0.2) is 0 Å². The zero-order valence-electron chi connectivity index (χ0n) is 11.4. The lowest BCUT2D eigenvalue weighted by atomic mass is 10.0. The molecule has 0 spiro atoms. The summed E-state index contributed by atoms with van der Waals surface area (Å²) in [4.78, 5) is 0. The first-order chi connectivity index (χ1) is 10.1. The Kier molecular flexibility index (Phi) is 3.80. The molecule has 2 aromatic carbocycles. The van der Waals surface area contributed by atoms with Gasteiger partial charge in [0.15, 0.2) is 0 Å². The largest absolute Gasteiger partial charge is 0.459 e. The molecule has 0 bridgehead atoms. The number of halogens is 2. The lowest BCUT2D eigenvalue weighted by Gasteiger charge is -2.14. The molecule has 3 rings (SSSR count). The van der Waals surface area contributed by atoms with Crippen LogP contribution in [0.4, 0.5) is 4.39 Å². The van der Waals surface area contributed by atoms with Gasteiger partial charge < -0.3 is 4.42 Å². The highest BCUT2D eigenvalue weighted by Crippen LogP contribution is 2.31. The van der Waals surface area contributed by atoms with Crippen LogP contribution >= 0.6 is 15.9 Å². The fourth-order valence-electron chi connectivity index (χ4n) is 2.39. The first kappa shape index (κ1) is 14.3. The molecule has 5 heteroatoms. The summed E-state index contributed by atoms with van der Waals surface area (Å²) in [6, 6.07) is 12.0. The molecule has 0 radical (unpaired) electrons. The number of hydrogen-bond donors (Lipinski definition) is 2. The van der Waals surface area contributed by atoms with Crippen molar-refractivity contribution >= 4 is 26.9 Å². The van der Waals surface area contributed by atoms with E-state index in [2.05, 4.69) is 21.4 Å². The number of hydrazine groups is 1. The molecular weight excluding hydrogens is 335 g/mol. The minimum atomic E-state index is -0.546. The van der Waals surface area contributed by atoms with E-state index in [1.807, 2.05) is 31.2 Å². The highest BCUT2D eigenvalue weighted by molar-refractivity contribution is 9.10. The third-order valence-electron chi connectivity index (χ3n) is 3.41. The van der Waals surface area contributed by atoms with Crippen molar-refractivity contribution in [3.05, 3.63) is 69.6 Å². The molecule has 0 aliphatic heterocycles. The Hall–Kier alpha value is -1.69. The van der Waals surface area contributed by atoms with Crippen LogP contribution in [0.2, 0.25) is 0 Å².